The van der Waals surface area contributed by atoms with Gasteiger partial charge >= 0.3 is 0 Å². The molecule has 1 aromatic heterocycles. The first-order valence-corrected chi connectivity index (χ1v) is 11.2. The molecule has 31 heavy (non-hydrogen) atoms. The molecule has 0 atom stereocenters. The number of aliphatic imine (C=N–C) groups is 1. The number of hydrogen-bond acceptors (Lipinski definition) is 4. The Hall–Kier alpha value is -3.19. The molecule has 0 unspecified atom stereocenters. The van der Waals surface area contributed by atoms with Gasteiger partial charge in [0.2, 0.25) is 0 Å². The number of likely N-dealkylation sites (tertiary alicyclic amines) is 1. The van der Waals surface area contributed by atoms with Crippen LogP contribution in [-0.4, -0.2) is 38.8 Å². The van der Waals surface area contributed by atoms with Gasteiger partial charge in [0, 0.05) is 30.4 Å². The summed E-state index contributed by atoms with van der Waals surface area (Å²) in [5, 5.41) is 5.52. The number of thioether (sulfide) groups is 1. The molecule has 5 rings (SSSR count). The second-order valence-electron chi connectivity index (χ2n) is 7.58. The third kappa shape index (κ3) is 4.18. The Balaban J connectivity index is 1.51. The molecule has 156 valence electrons. The lowest BCUT2D eigenvalue weighted by molar-refractivity contribution is -0.113. The molecular formula is C24H21FN4OS. The SMILES string of the molecule is O=C1N=C(N2CCCCC2)S/C1=C\c1cn(-c2ccccc2)nc1-c1ccc(F)cc1. The Morgan fingerprint density at radius 1 is 0.968 bits per heavy atom. The van der Waals surface area contributed by atoms with E-state index in [1.54, 1.807) is 16.8 Å². The third-order valence-corrected chi connectivity index (χ3v) is 6.45. The Morgan fingerprint density at radius 2 is 1.71 bits per heavy atom. The second kappa shape index (κ2) is 8.51. The van der Waals surface area contributed by atoms with Crippen LogP contribution in [0.3, 0.4) is 0 Å². The van der Waals surface area contributed by atoms with Gasteiger partial charge in [-0.1, -0.05) is 18.2 Å². The van der Waals surface area contributed by atoms with Gasteiger partial charge in [-0.2, -0.15) is 10.1 Å². The van der Waals surface area contributed by atoms with E-state index < -0.39 is 0 Å². The van der Waals surface area contributed by atoms with Crippen LogP contribution in [0.15, 0.2) is 70.7 Å². The number of hydrogen-bond donors (Lipinski definition) is 0. The zero-order chi connectivity index (χ0) is 21.2. The monoisotopic (exact) mass is 432 g/mol. The standard InChI is InChI=1S/C24H21FN4OS/c25-19-11-9-17(10-12-19)22-18(16-29(27-22)20-7-3-1-4-8-20)15-21-23(30)26-24(31-21)28-13-5-2-6-14-28/h1,3-4,7-12,15-16H,2,5-6,13-14H2/b21-15-. The summed E-state index contributed by atoms with van der Waals surface area (Å²) in [6.45, 7) is 1.89. The van der Waals surface area contributed by atoms with E-state index in [0.717, 1.165) is 47.9 Å². The van der Waals surface area contributed by atoms with Crippen LogP contribution in [0.1, 0.15) is 24.8 Å². The molecule has 2 aliphatic heterocycles. The number of para-hydroxylation sites is 1. The number of nitrogens with zero attached hydrogens (tertiary/aromatic N) is 4. The summed E-state index contributed by atoms with van der Waals surface area (Å²) in [5.41, 5.74) is 3.18. The fraction of sp³-hybridized carbons (Fsp3) is 0.208. The summed E-state index contributed by atoms with van der Waals surface area (Å²) >= 11 is 1.42. The van der Waals surface area contributed by atoms with Crippen molar-refractivity contribution in [2.45, 2.75) is 19.3 Å². The van der Waals surface area contributed by atoms with Crippen LogP contribution in [0.2, 0.25) is 0 Å². The number of amidine groups is 1. The van der Waals surface area contributed by atoms with Gasteiger partial charge < -0.3 is 4.90 Å². The Kier molecular flexibility index (Phi) is 5.42. The summed E-state index contributed by atoms with van der Waals surface area (Å²) in [6, 6.07) is 16.0. The van der Waals surface area contributed by atoms with Crippen molar-refractivity contribution in [3.05, 3.63) is 77.1 Å². The fourth-order valence-corrected chi connectivity index (χ4v) is 4.75. The summed E-state index contributed by atoms with van der Waals surface area (Å²) in [4.78, 5) is 19.7. The molecule has 1 amide bonds. The van der Waals surface area contributed by atoms with Crippen LogP contribution in [0.25, 0.3) is 23.0 Å². The fourth-order valence-electron chi connectivity index (χ4n) is 3.80. The molecular weight excluding hydrogens is 411 g/mol. The zero-order valence-corrected chi connectivity index (χ0v) is 17.7. The van der Waals surface area contributed by atoms with Crippen molar-refractivity contribution in [1.82, 2.24) is 14.7 Å². The van der Waals surface area contributed by atoms with Gasteiger partial charge in [0.1, 0.15) is 5.82 Å². The maximum absolute atomic E-state index is 13.5. The van der Waals surface area contributed by atoms with Gasteiger partial charge in [-0.3, -0.25) is 4.79 Å². The average molecular weight is 433 g/mol. The molecule has 0 bridgehead atoms. The van der Waals surface area contributed by atoms with E-state index in [1.807, 2.05) is 42.6 Å². The lowest BCUT2D eigenvalue weighted by atomic mass is 10.1. The number of halogens is 1. The first kappa shape index (κ1) is 19.8. The van der Waals surface area contributed by atoms with Gasteiger partial charge in [0.05, 0.1) is 16.3 Å². The number of amides is 1. The van der Waals surface area contributed by atoms with E-state index in [0.29, 0.717) is 10.6 Å². The molecule has 2 aliphatic rings. The highest BCUT2D eigenvalue weighted by molar-refractivity contribution is 8.18. The highest BCUT2D eigenvalue weighted by Gasteiger charge is 2.27. The van der Waals surface area contributed by atoms with Crippen LogP contribution in [-0.2, 0) is 4.79 Å². The minimum Gasteiger partial charge on any atom is -0.351 e. The summed E-state index contributed by atoms with van der Waals surface area (Å²) < 4.78 is 15.2. The van der Waals surface area contributed by atoms with Crippen molar-refractivity contribution in [2.75, 3.05) is 13.1 Å². The summed E-state index contributed by atoms with van der Waals surface area (Å²) in [6.07, 6.45) is 7.23. The number of carbonyl (C=O) groups excluding carboxylic acids is 1. The first-order chi connectivity index (χ1) is 15.2. The smallest absolute Gasteiger partial charge is 0.286 e. The van der Waals surface area contributed by atoms with Crippen molar-refractivity contribution < 1.29 is 9.18 Å². The topological polar surface area (TPSA) is 50.5 Å². The normalized spacial score (nSPS) is 18.0. The molecule has 0 saturated carbocycles. The predicted molar refractivity (Wildman–Crippen MR) is 122 cm³/mol. The molecule has 0 radical (unpaired) electrons. The molecule has 0 N–H and O–H groups in total. The maximum atomic E-state index is 13.5. The van der Waals surface area contributed by atoms with Crippen LogP contribution in [0, 0.1) is 5.82 Å². The zero-order valence-electron chi connectivity index (χ0n) is 16.9. The predicted octanol–water partition coefficient (Wildman–Crippen LogP) is 5.13. The van der Waals surface area contributed by atoms with Gasteiger partial charge in [-0.15, -0.1) is 0 Å². The van der Waals surface area contributed by atoms with Gasteiger partial charge in [-0.25, -0.2) is 9.07 Å². The van der Waals surface area contributed by atoms with Crippen molar-refractivity contribution in [3.63, 3.8) is 0 Å². The number of rotatable bonds is 3. The lowest BCUT2D eigenvalue weighted by Crippen LogP contribution is -2.33. The molecule has 1 fully saturated rings. The minimum absolute atomic E-state index is 0.219. The van der Waals surface area contributed by atoms with Crippen molar-refractivity contribution in [2.24, 2.45) is 4.99 Å². The van der Waals surface area contributed by atoms with Gasteiger partial charge in [0.25, 0.3) is 5.91 Å². The van der Waals surface area contributed by atoms with Crippen molar-refractivity contribution >= 4 is 28.9 Å². The van der Waals surface area contributed by atoms with Crippen LogP contribution in [0.5, 0.6) is 0 Å². The molecule has 3 heterocycles. The highest BCUT2D eigenvalue weighted by Crippen LogP contribution is 2.34. The molecule has 0 spiro atoms. The molecule has 0 aliphatic carbocycles. The number of piperidine rings is 1. The molecule has 3 aromatic rings. The summed E-state index contributed by atoms with van der Waals surface area (Å²) in [7, 11) is 0. The molecule has 7 heteroatoms. The quantitative estimate of drug-likeness (QED) is 0.538. The molecule has 5 nitrogen and oxygen atoms in total. The van der Waals surface area contributed by atoms with E-state index in [4.69, 9.17) is 5.10 Å². The molecule has 2 aromatic carbocycles. The average Bonchev–Trinajstić information content (AvgIpc) is 3.40. The van der Waals surface area contributed by atoms with Gasteiger partial charge in [0.15, 0.2) is 5.17 Å². The Bertz CT molecular complexity index is 1160. The maximum Gasteiger partial charge on any atom is 0.286 e. The molecule has 1 saturated heterocycles. The van der Waals surface area contributed by atoms with Crippen molar-refractivity contribution in [3.8, 4) is 16.9 Å². The summed E-state index contributed by atoms with van der Waals surface area (Å²) in [5.74, 6) is -0.518. The van der Waals surface area contributed by atoms with E-state index in [2.05, 4.69) is 9.89 Å². The van der Waals surface area contributed by atoms with E-state index >= 15 is 0 Å². The largest absolute Gasteiger partial charge is 0.351 e. The Labute approximate surface area is 184 Å². The van der Waals surface area contributed by atoms with Crippen molar-refractivity contribution in [1.29, 1.82) is 0 Å². The van der Waals surface area contributed by atoms with Crippen LogP contribution in [0.4, 0.5) is 4.39 Å². The van der Waals surface area contributed by atoms with Gasteiger partial charge in [-0.05, 0) is 73.5 Å². The lowest BCUT2D eigenvalue weighted by Gasteiger charge is -2.27. The number of benzene rings is 2. The third-order valence-electron chi connectivity index (χ3n) is 5.40. The minimum atomic E-state index is -0.299. The second-order valence-corrected chi connectivity index (χ2v) is 8.59. The van der Waals surface area contributed by atoms with E-state index in [-0.39, 0.29) is 11.7 Å². The van der Waals surface area contributed by atoms with E-state index in [9.17, 15) is 9.18 Å². The Morgan fingerprint density at radius 3 is 2.45 bits per heavy atom. The van der Waals surface area contributed by atoms with Crippen LogP contribution < -0.4 is 0 Å². The number of aromatic nitrogens is 2. The first-order valence-electron chi connectivity index (χ1n) is 10.4. The highest BCUT2D eigenvalue weighted by atomic mass is 32.2. The van der Waals surface area contributed by atoms with E-state index in [1.165, 1.54) is 30.3 Å². The van der Waals surface area contributed by atoms with Crippen LogP contribution >= 0.6 is 11.8 Å². The number of carbonyl (C=O) groups is 1.